The van der Waals surface area contributed by atoms with Crippen molar-refractivity contribution >= 4 is 12.0 Å². The van der Waals surface area contributed by atoms with E-state index < -0.39 is 12.0 Å². The number of carbonyl (C=O) groups is 2. The molecule has 8 nitrogen and oxygen atoms in total. The summed E-state index contributed by atoms with van der Waals surface area (Å²) in [6.07, 6.45) is 1.61. The molecule has 0 saturated carbocycles. The van der Waals surface area contributed by atoms with Crippen molar-refractivity contribution in [3.05, 3.63) is 42.2 Å². The standard InChI is InChI=1S/C14H17N5O3/c1-10(16-14(22)15-8-7-13(20)21)12-9-19(18-17-12)11-5-3-2-4-6-11/h2-6,9-10H,7-8H2,1H3,(H,20,21)(H2,15,16,22). The molecule has 2 rings (SSSR count). The lowest BCUT2D eigenvalue weighted by atomic mass is 10.2. The number of nitrogens with one attached hydrogen (secondary N) is 2. The molecule has 0 spiro atoms. The Morgan fingerprint density at radius 3 is 2.73 bits per heavy atom. The first kappa shape index (κ1) is 15.5. The van der Waals surface area contributed by atoms with Gasteiger partial charge in [0, 0.05) is 6.54 Å². The van der Waals surface area contributed by atoms with Crippen molar-refractivity contribution in [3.8, 4) is 5.69 Å². The summed E-state index contributed by atoms with van der Waals surface area (Å²) in [6, 6.07) is 8.71. The molecule has 1 aromatic carbocycles. The average molecular weight is 303 g/mol. The van der Waals surface area contributed by atoms with Gasteiger partial charge < -0.3 is 15.7 Å². The van der Waals surface area contributed by atoms with E-state index in [0.29, 0.717) is 5.69 Å². The third kappa shape index (κ3) is 4.30. The fourth-order valence-electron chi connectivity index (χ4n) is 1.79. The van der Waals surface area contributed by atoms with Crippen molar-refractivity contribution in [3.63, 3.8) is 0 Å². The third-order valence-electron chi connectivity index (χ3n) is 2.95. The van der Waals surface area contributed by atoms with Crippen LogP contribution in [-0.2, 0) is 4.79 Å². The number of hydrogen-bond donors (Lipinski definition) is 3. The molecule has 0 fully saturated rings. The molecule has 22 heavy (non-hydrogen) atoms. The number of nitrogens with zero attached hydrogens (tertiary/aromatic N) is 3. The Bertz CT molecular complexity index is 641. The van der Waals surface area contributed by atoms with Crippen LogP contribution in [0.1, 0.15) is 25.1 Å². The number of hydrogen-bond acceptors (Lipinski definition) is 4. The Labute approximate surface area is 127 Å². The van der Waals surface area contributed by atoms with Gasteiger partial charge in [-0.1, -0.05) is 23.4 Å². The summed E-state index contributed by atoms with van der Waals surface area (Å²) >= 11 is 0. The first-order valence-corrected chi connectivity index (χ1v) is 6.80. The quantitative estimate of drug-likeness (QED) is 0.740. The van der Waals surface area contributed by atoms with Crippen molar-refractivity contribution in [2.24, 2.45) is 0 Å². The van der Waals surface area contributed by atoms with E-state index >= 15 is 0 Å². The molecule has 2 amide bonds. The van der Waals surface area contributed by atoms with Crippen LogP contribution in [0.5, 0.6) is 0 Å². The van der Waals surface area contributed by atoms with E-state index in [4.69, 9.17) is 5.11 Å². The lowest BCUT2D eigenvalue weighted by Gasteiger charge is -2.11. The molecule has 1 atom stereocenters. The molecule has 0 radical (unpaired) electrons. The molecule has 1 heterocycles. The van der Waals surface area contributed by atoms with Gasteiger partial charge in [0.2, 0.25) is 0 Å². The topological polar surface area (TPSA) is 109 Å². The molecule has 116 valence electrons. The SMILES string of the molecule is CC(NC(=O)NCCC(=O)O)c1cn(-c2ccccc2)nn1. The van der Waals surface area contributed by atoms with Gasteiger partial charge in [0.1, 0.15) is 5.69 Å². The maximum absolute atomic E-state index is 11.6. The van der Waals surface area contributed by atoms with Crippen molar-refractivity contribution in [2.75, 3.05) is 6.54 Å². The highest BCUT2D eigenvalue weighted by Crippen LogP contribution is 2.11. The van der Waals surface area contributed by atoms with Crippen molar-refractivity contribution in [2.45, 2.75) is 19.4 Å². The van der Waals surface area contributed by atoms with Crippen molar-refractivity contribution in [1.82, 2.24) is 25.6 Å². The van der Waals surface area contributed by atoms with E-state index in [1.807, 2.05) is 30.3 Å². The highest BCUT2D eigenvalue weighted by molar-refractivity contribution is 5.75. The van der Waals surface area contributed by atoms with Gasteiger partial charge in [-0.3, -0.25) is 4.79 Å². The number of carbonyl (C=O) groups excluding carboxylic acids is 1. The number of amides is 2. The molecular formula is C14H17N5O3. The van der Waals surface area contributed by atoms with Gasteiger partial charge in [0.05, 0.1) is 24.3 Å². The zero-order chi connectivity index (χ0) is 15.9. The molecule has 0 aliphatic carbocycles. The van der Waals surface area contributed by atoms with E-state index in [9.17, 15) is 9.59 Å². The third-order valence-corrected chi connectivity index (χ3v) is 2.95. The summed E-state index contributed by atoms with van der Waals surface area (Å²) in [5, 5.41) is 21.7. The number of para-hydroxylation sites is 1. The Morgan fingerprint density at radius 1 is 1.32 bits per heavy atom. The minimum absolute atomic E-state index is 0.0740. The largest absolute Gasteiger partial charge is 0.481 e. The van der Waals surface area contributed by atoms with Gasteiger partial charge in [-0.2, -0.15) is 0 Å². The second kappa shape index (κ2) is 7.21. The van der Waals surface area contributed by atoms with E-state index in [1.54, 1.807) is 17.8 Å². The number of rotatable bonds is 6. The van der Waals surface area contributed by atoms with Crippen LogP contribution in [0.2, 0.25) is 0 Å². The van der Waals surface area contributed by atoms with Crippen LogP contribution in [-0.4, -0.2) is 38.6 Å². The number of aromatic nitrogens is 3. The molecule has 1 aromatic heterocycles. The molecule has 0 bridgehead atoms. The second-order valence-electron chi connectivity index (χ2n) is 4.69. The molecule has 0 aliphatic heterocycles. The fourth-order valence-corrected chi connectivity index (χ4v) is 1.79. The number of carboxylic acid groups (broad SMARTS) is 1. The Kier molecular flexibility index (Phi) is 5.07. The second-order valence-corrected chi connectivity index (χ2v) is 4.69. The molecule has 3 N–H and O–H groups in total. The summed E-state index contributed by atoms with van der Waals surface area (Å²) < 4.78 is 1.62. The van der Waals surface area contributed by atoms with Crippen molar-refractivity contribution in [1.29, 1.82) is 0 Å². The van der Waals surface area contributed by atoms with Crippen LogP contribution < -0.4 is 10.6 Å². The van der Waals surface area contributed by atoms with Crippen LogP contribution in [0.4, 0.5) is 4.79 Å². The number of carboxylic acids is 1. The van der Waals surface area contributed by atoms with Crippen LogP contribution >= 0.6 is 0 Å². The van der Waals surface area contributed by atoms with Crippen molar-refractivity contribution < 1.29 is 14.7 Å². The predicted molar refractivity (Wildman–Crippen MR) is 78.6 cm³/mol. The monoisotopic (exact) mass is 303 g/mol. The van der Waals surface area contributed by atoms with Crippen LogP contribution in [0.3, 0.4) is 0 Å². The summed E-state index contributed by atoms with van der Waals surface area (Å²) in [6.45, 7) is 1.85. The minimum Gasteiger partial charge on any atom is -0.481 e. The fraction of sp³-hybridized carbons (Fsp3) is 0.286. The Hall–Kier alpha value is -2.90. The van der Waals surface area contributed by atoms with Gasteiger partial charge in [0.25, 0.3) is 0 Å². The number of aliphatic carboxylic acids is 1. The van der Waals surface area contributed by atoms with Crippen LogP contribution in [0.25, 0.3) is 5.69 Å². The predicted octanol–water partition coefficient (Wildman–Crippen LogP) is 1.10. The smallest absolute Gasteiger partial charge is 0.315 e. The van der Waals surface area contributed by atoms with E-state index in [0.717, 1.165) is 5.69 Å². The first-order chi connectivity index (χ1) is 10.6. The van der Waals surface area contributed by atoms with E-state index in [1.165, 1.54) is 0 Å². The molecule has 0 aliphatic rings. The first-order valence-electron chi connectivity index (χ1n) is 6.80. The van der Waals surface area contributed by atoms with Gasteiger partial charge in [-0.15, -0.1) is 5.10 Å². The Morgan fingerprint density at radius 2 is 2.05 bits per heavy atom. The van der Waals surface area contributed by atoms with Gasteiger partial charge >= 0.3 is 12.0 Å². The lowest BCUT2D eigenvalue weighted by molar-refractivity contribution is -0.136. The molecule has 8 heteroatoms. The summed E-state index contributed by atoms with van der Waals surface area (Å²) in [4.78, 5) is 22.0. The van der Waals surface area contributed by atoms with Crippen LogP contribution in [0.15, 0.2) is 36.5 Å². The highest BCUT2D eigenvalue weighted by atomic mass is 16.4. The maximum atomic E-state index is 11.6. The van der Waals surface area contributed by atoms with Gasteiger partial charge in [-0.25, -0.2) is 9.48 Å². The number of urea groups is 1. The lowest BCUT2D eigenvalue weighted by Crippen LogP contribution is -2.38. The molecular weight excluding hydrogens is 286 g/mol. The molecule has 1 unspecified atom stereocenters. The van der Waals surface area contributed by atoms with Gasteiger partial charge in [0.15, 0.2) is 0 Å². The van der Waals surface area contributed by atoms with Crippen LogP contribution in [0, 0.1) is 0 Å². The zero-order valence-corrected chi connectivity index (χ0v) is 12.1. The summed E-state index contributed by atoms with van der Waals surface area (Å²) in [5.41, 5.74) is 1.48. The highest BCUT2D eigenvalue weighted by Gasteiger charge is 2.13. The summed E-state index contributed by atoms with van der Waals surface area (Å²) in [5.74, 6) is -0.959. The van der Waals surface area contributed by atoms with Gasteiger partial charge in [-0.05, 0) is 19.1 Å². The van der Waals surface area contributed by atoms with E-state index in [2.05, 4.69) is 20.9 Å². The number of benzene rings is 1. The maximum Gasteiger partial charge on any atom is 0.315 e. The molecule has 2 aromatic rings. The average Bonchev–Trinajstić information content (AvgIpc) is 2.97. The van der Waals surface area contributed by atoms with E-state index in [-0.39, 0.29) is 19.0 Å². The normalized spacial score (nSPS) is 11.7. The summed E-state index contributed by atoms with van der Waals surface area (Å²) in [7, 11) is 0. The zero-order valence-electron chi connectivity index (χ0n) is 12.1. The molecule has 0 saturated heterocycles. The Balaban J connectivity index is 1.90. The minimum atomic E-state index is -0.959.